The van der Waals surface area contributed by atoms with Crippen molar-refractivity contribution in [2.24, 2.45) is 4.99 Å². The summed E-state index contributed by atoms with van der Waals surface area (Å²) >= 11 is 0. The zero-order chi connectivity index (χ0) is 21.3. The third kappa shape index (κ3) is 9.21. The van der Waals surface area contributed by atoms with Crippen molar-refractivity contribution in [3.05, 3.63) is 65.7 Å². The minimum Gasteiger partial charge on any atom is -0.484 e. The van der Waals surface area contributed by atoms with Gasteiger partial charge in [-0.05, 0) is 37.1 Å². The fourth-order valence-electron chi connectivity index (χ4n) is 2.57. The van der Waals surface area contributed by atoms with Gasteiger partial charge in [0.2, 0.25) is 0 Å². The van der Waals surface area contributed by atoms with E-state index in [4.69, 9.17) is 4.74 Å². The number of nitrogens with zero attached hydrogens (tertiary/aromatic N) is 1. The Balaban J connectivity index is 0.00000450. The molecule has 0 heterocycles. The first-order chi connectivity index (χ1) is 13.7. The van der Waals surface area contributed by atoms with Crippen LogP contribution in [0.5, 0.6) is 5.75 Å². The highest BCUT2D eigenvalue weighted by Crippen LogP contribution is 2.20. The fraction of sp³-hybridized carbons (Fsp3) is 0.381. The lowest BCUT2D eigenvalue weighted by molar-refractivity contribution is -0.153. The Morgan fingerprint density at radius 3 is 2.40 bits per heavy atom. The van der Waals surface area contributed by atoms with E-state index in [-0.39, 0.29) is 42.8 Å². The summed E-state index contributed by atoms with van der Waals surface area (Å²) in [6, 6.07) is 15.7. The van der Waals surface area contributed by atoms with Crippen molar-refractivity contribution in [3.8, 4) is 5.75 Å². The summed E-state index contributed by atoms with van der Waals surface area (Å²) in [7, 11) is 0. The number of aliphatic hydroxyl groups is 1. The number of benzene rings is 2. The van der Waals surface area contributed by atoms with E-state index in [2.05, 4.69) is 15.6 Å². The van der Waals surface area contributed by atoms with E-state index >= 15 is 0 Å². The van der Waals surface area contributed by atoms with Gasteiger partial charge in [0.15, 0.2) is 12.6 Å². The average molecular weight is 537 g/mol. The molecule has 0 saturated heterocycles. The standard InChI is InChI=1S/C21H26F3N3O2.HI/c1-3-25-19(27-14-20(2,28)17-9-5-4-6-10-17)26-13-16-8-7-11-18(12-16)29-15-21(22,23)24;/h4-12,28H,3,13-15H2,1-2H3,(H2,25,26,27);1H. The SMILES string of the molecule is CCNC(=NCc1cccc(OCC(F)(F)F)c1)NCC(C)(O)c1ccccc1.I. The number of hydrogen-bond donors (Lipinski definition) is 3. The van der Waals surface area contributed by atoms with Crippen LogP contribution in [0.25, 0.3) is 0 Å². The molecule has 9 heteroatoms. The predicted octanol–water partition coefficient (Wildman–Crippen LogP) is 4.21. The third-order valence-electron chi connectivity index (χ3n) is 4.06. The zero-order valence-electron chi connectivity index (χ0n) is 16.9. The Labute approximate surface area is 191 Å². The van der Waals surface area contributed by atoms with Crippen LogP contribution in [0.15, 0.2) is 59.6 Å². The monoisotopic (exact) mass is 537 g/mol. The van der Waals surface area contributed by atoms with Crippen LogP contribution >= 0.6 is 24.0 Å². The topological polar surface area (TPSA) is 65.9 Å². The van der Waals surface area contributed by atoms with E-state index in [1.54, 1.807) is 19.1 Å². The van der Waals surface area contributed by atoms with Gasteiger partial charge in [0.1, 0.15) is 11.4 Å². The molecule has 0 bridgehead atoms. The van der Waals surface area contributed by atoms with Gasteiger partial charge in [-0.1, -0.05) is 42.5 Å². The van der Waals surface area contributed by atoms with Crippen LogP contribution in [0.3, 0.4) is 0 Å². The van der Waals surface area contributed by atoms with Gasteiger partial charge in [-0.15, -0.1) is 24.0 Å². The third-order valence-corrected chi connectivity index (χ3v) is 4.06. The molecule has 0 aromatic heterocycles. The molecular weight excluding hydrogens is 510 g/mol. The number of hydrogen-bond acceptors (Lipinski definition) is 3. The summed E-state index contributed by atoms with van der Waals surface area (Å²) in [6.07, 6.45) is -4.38. The molecule has 5 nitrogen and oxygen atoms in total. The van der Waals surface area contributed by atoms with E-state index in [1.807, 2.05) is 37.3 Å². The number of nitrogens with one attached hydrogen (secondary N) is 2. The summed E-state index contributed by atoms with van der Waals surface area (Å²) in [5.41, 5.74) is 0.387. The van der Waals surface area contributed by atoms with Crippen molar-refractivity contribution >= 4 is 29.9 Å². The van der Waals surface area contributed by atoms with Crippen LogP contribution in [0.1, 0.15) is 25.0 Å². The first-order valence-corrected chi connectivity index (χ1v) is 9.28. The van der Waals surface area contributed by atoms with Crippen LogP contribution in [0, 0.1) is 0 Å². The quantitative estimate of drug-likeness (QED) is 0.268. The van der Waals surface area contributed by atoms with Gasteiger partial charge in [-0.3, -0.25) is 0 Å². The van der Waals surface area contributed by atoms with E-state index in [1.165, 1.54) is 12.1 Å². The van der Waals surface area contributed by atoms with E-state index < -0.39 is 18.4 Å². The lowest BCUT2D eigenvalue weighted by Gasteiger charge is -2.25. The molecule has 166 valence electrons. The average Bonchev–Trinajstić information content (AvgIpc) is 2.69. The fourth-order valence-corrected chi connectivity index (χ4v) is 2.57. The molecule has 0 aliphatic heterocycles. The molecule has 0 saturated carbocycles. The van der Waals surface area contributed by atoms with Gasteiger partial charge < -0.3 is 20.5 Å². The maximum absolute atomic E-state index is 12.3. The van der Waals surface area contributed by atoms with Gasteiger partial charge in [0.25, 0.3) is 0 Å². The first kappa shape index (κ1) is 26.0. The highest BCUT2D eigenvalue weighted by molar-refractivity contribution is 14.0. The Bertz CT molecular complexity index is 800. The van der Waals surface area contributed by atoms with Gasteiger partial charge in [0.05, 0.1) is 13.1 Å². The molecule has 1 unspecified atom stereocenters. The van der Waals surface area contributed by atoms with Crippen LogP contribution < -0.4 is 15.4 Å². The van der Waals surface area contributed by atoms with E-state index in [0.29, 0.717) is 18.1 Å². The van der Waals surface area contributed by atoms with Crippen molar-refractivity contribution in [2.75, 3.05) is 19.7 Å². The van der Waals surface area contributed by atoms with Gasteiger partial charge >= 0.3 is 6.18 Å². The number of guanidine groups is 1. The van der Waals surface area contributed by atoms with Crippen molar-refractivity contribution in [3.63, 3.8) is 0 Å². The van der Waals surface area contributed by atoms with Crippen LogP contribution in [0.2, 0.25) is 0 Å². The number of aliphatic imine (C=N–C) groups is 1. The minimum absolute atomic E-state index is 0. The highest BCUT2D eigenvalue weighted by Gasteiger charge is 2.28. The van der Waals surface area contributed by atoms with Gasteiger partial charge in [-0.2, -0.15) is 13.2 Å². The summed E-state index contributed by atoms with van der Waals surface area (Å²) in [5, 5.41) is 16.9. The summed E-state index contributed by atoms with van der Waals surface area (Å²) in [6.45, 7) is 3.38. The zero-order valence-corrected chi connectivity index (χ0v) is 19.2. The normalized spacial score (nSPS) is 13.7. The molecule has 0 amide bonds. The molecular formula is C21H27F3IN3O2. The number of rotatable bonds is 8. The van der Waals surface area contributed by atoms with E-state index in [9.17, 15) is 18.3 Å². The molecule has 1 atom stereocenters. The lowest BCUT2D eigenvalue weighted by Crippen LogP contribution is -2.44. The second-order valence-electron chi connectivity index (χ2n) is 6.74. The van der Waals surface area contributed by atoms with Crippen LogP contribution in [-0.2, 0) is 12.1 Å². The maximum Gasteiger partial charge on any atom is 0.422 e. The summed E-state index contributed by atoms with van der Waals surface area (Å²) in [4.78, 5) is 4.44. The lowest BCUT2D eigenvalue weighted by atomic mass is 9.96. The number of alkyl halides is 3. The molecule has 0 aliphatic carbocycles. The smallest absolute Gasteiger partial charge is 0.422 e. The second kappa shape index (κ2) is 12.0. The molecule has 2 rings (SSSR count). The number of halogens is 4. The minimum atomic E-state index is -4.38. The van der Waals surface area contributed by atoms with Crippen molar-refractivity contribution in [1.82, 2.24) is 10.6 Å². The Morgan fingerprint density at radius 1 is 1.07 bits per heavy atom. The van der Waals surface area contributed by atoms with Gasteiger partial charge in [-0.25, -0.2) is 4.99 Å². The van der Waals surface area contributed by atoms with Crippen LogP contribution in [0.4, 0.5) is 13.2 Å². The molecule has 3 N–H and O–H groups in total. The van der Waals surface area contributed by atoms with E-state index in [0.717, 1.165) is 5.56 Å². The Kier molecular flexibility index (Phi) is 10.4. The second-order valence-corrected chi connectivity index (χ2v) is 6.74. The van der Waals surface area contributed by atoms with Crippen LogP contribution in [-0.4, -0.2) is 36.9 Å². The maximum atomic E-state index is 12.3. The van der Waals surface area contributed by atoms with Crippen molar-refractivity contribution in [2.45, 2.75) is 32.2 Å². The molecule has 0 aliphatic rings. The Morgan fingerprint density at radius 2 is 1.77 bits per heavy atom. The molecule has 30 heavy (non-hydrogen) atoms. The van der Waals surface area contributed by atoms with Gasteiger partial charge in [0, 0.05) is 6.54 Å². The molecule has 0 radical (unpaired) electrons. The largest absolute Gasteiger partial charge is 0.484 e. The summed E-state index contributed by atoms with van der Waals surface area (Å²) < 4.78 is 41.7. The summed E-state index contributed by atoms with van der Waals surface area (Å²) in [5.74, 6) is 0.630. The first-order valence-electron chi connectivity index (χ1n) is 9.28. The van der Waals surface area contributed by atoms with Crippen molar-refractivity contribution < 1.29 is 23.0 Å². The molecule has 0 fully saturated rings. The highest BCUT2D eigenvalue weighted by atomic mass is 127. The Hall–Kier alpha value is -2.01. The molecule has 0 spiro atoms. The molecule has 2 aromatic carbocycles. The predicted molar refractivity (Wildman–Crippen MR) is 122 cm³/mol. The number of ether oxygens (including phenoxy) is 1. The molecule has 2 aromatic rings. The van der Waals surface area contributed by atoms with Crippen molar-refractivity contribution in [1.29, 1.82) is 0 Å².